The number of piperidine rings is 1. The van der Waals surface area contributed by atoms with E-state index in [2.05, 4.69) is 9.97 Å². The molecule has 1 aliphatic heterocycles. The van der Waals surface area contributed by atoms with Crippen LogP contribution in [0, 0.1) is 0 Å². The number of nitrogens with zero attached hydrogens (tertiary/aromatic N) is 3. The molecule has 1 atom stereocenters. The van der Waals surface area contributed by atoms with Crippen molar-refractivity contribution in [2.24, 2.45) is 0 Å². The third kappa shape index (κ3) is 4.24. The molecule has 138 valence electrons. The molecule has 0 aromatic carbocycles. The van der Waals surface area contributed by atoms with E-state index in [9.17, 15) is 18.0 Å². The lowest BCUT2D eigenvalue weighted by molar-refractivity contribution is -0.141. The van der Waals surface area contributed by atoms with Crippen molar-refractivity contribution in [3.05, 3.63) is 53.1 Å². The van der Waals surface area contributed by atoms with Crippen molar-refractivity contribution in [3.63, 3.8) is 0 Å². The van der Waals surface area contributed by atoms with Crippen molar-refractivity contribution in [1.82, 2.24) is 14.9 Å². The van der Waals surface area contributed by atoms with Crippen LogP contribution in [0.4, 0.5) is 13.2 Å². The second-order valence-electron chi connectivity index (χ2n) is 5.87. The largest absolute Gasteiger partial charge is 0.487 e. The van der Waals surface area contributed by atoms with Crippen LogP contribution in [0.2, 0.25) is 5.02 Å². The van der Waals surface area contributed by atoms with Crippen LogP contribution in [0.5, 0.6) is 5.75 Å². The minimum absolute atomic E-state index is 0.112. The highest BCUT2D eigenvalue weighted by molar-refractivity contribution is 6.31. The number of likely N-dealkylation sites (tertiary alicyclic amines) is 1. The fraction of sp³-hybridized carbons (Fsp3) is 0.353. The van der Waals surface area contributed by atoms with E-state index in [1.807, 2.05) is 0 Å². The first-order valence-corrected chi connectivity index (χ1v) is 8.31. The molecule has 0 spiro atoms. The van der Waals surface area contributed by atoms with Crippen LogP contribution in [0.15, 0.2) is 36.8 Å². The number of aromatic nitrogens is 2. The zero-order valence-electron chi connectivity index (χ0n) is 13.5. The van der Waals surface area contributed by atoms with Gasteiger partial charge in [-0.15, -0.1) is 0 Å². The van der Waals surface area contributed by atoms with Gasteiger partial charge in [-0.3, -0.25) is 14.8 Å². The first-order valence-electron chi connectivity index (χ1n) is 7.93. The quantitative estimate of drug-likeness (QED) is 0.805. The molecule has 3 heterocycles. The molecule has 2 aromatic rings. The molecule has 1 unspecified atom stereocenters. The van der Waals surface area contributed by atoms with Gasteiger partial charge >= 0.3 is 6.18 Å². The van der Waals surface area contributed by atoms with E-state index in [1.54, 1.807) is 17.2 Å². The number of hydrogen-bond donors (Lipinski definition) is 0. The Kier molecular flexibility index (Phi) is 5.31. The number of halogens is 4. The lowest BCUT2D eigenvalue weighted by atomic mass is 10.1. The van der Waals surface area contributed by atoms with Gasteiger partial charge in [0.05, 0.1) is 12.1 Å². The summed E-state index contributed by atoms with van der Waals surface area (Å²) >= 11 is 6.02. The SMILES string of the molecule is O=C(c1ccc(C(F)(F)F)nc1)N1CCCC(Oc2ccncc2Cl)C1. The summed E-state index contributed by atoms with van der Waals surface area (Å²) in [6.45, 7) is 0.822. The summed E-state index contributed by atoms with van der Waals surface area (Å²) in [6, 6.07) is 3.59. The van der Waals surface area contributed by atoms with E-state index in [0.29, 0.717) is 30.3 Å². The summed E-state index contributed by atoms with van der Waals surface area (Å²) < 4.78 is 43.6. The predicted molar refractivity (Wildman–Crippen MR) is 88.0 cm³/mol. The molecule has 3 rings (SSSR count). The molecule has 26 heavy (non-hydrogen) atoms. The molecule has 1 saturated heterocycles. The zero-order valence-corrected chi connectivity index (χ0v) is 14.3. The van der Waals surface area contributed by atoms with Gasteiger partial charge in [0, 0.05) is 31.2 Å². The summed E-state index contributed by atoms with van der Waals surface area (Å²) in [6.07, 6.45) is 0.651. The molecule has 1 fully saturated rings. The van der Waals surface area contributed by atoms with Crippen molar-refractivity contribution < 1.29 is 22.7 Å². The summed E-state index contributed by atoms with van der Waals surface area (Å²) in [5.74, 6) is 0.109. The third-order valence-electron chi connectivity index (χ3n) is 4.00. The van der Waals surface area contributed by atoms with Gasteiger partial charge in [-0.1, -0.05) is 11.6 Å². The molecular weight excluding hydrogens is 371 g/mol. The molecule has 0 radical (unpaired) electrons. The normalized spacial score (nSPS) is 17.8. The molecule has 0 aliphatic carbocycles. The standard InChI is InChI=1S/C17H15ClF3N3O2/c18-13-9-22-6-5-14(13)26-12-2-1-7-24(10-12)16(25)11-3-4-15(23-8-11)17(19,20)21/h3-6,8-9,12H,1-2,7,10H2. The molecular formula is C17H15ClF3N3O2. The van der Waals surface area contributed by atoms with Crippen LogP contribution in [-0.2, 0) is 6.18 Å². The minimum Gasteiger partial charge on any atom is -0.487 e. The van der Waals surface area contributed by atoms with Crippen molar-refractivity contribution in [1.29, 1.82) is 0 Å². The number of ether oxygens (including phenoxy) is 1. The number of carbonyl (C=O) groups excluding carboxylic acids is 1. The van der Waals surface area contributed by atoms with Gasteiger partial charge in [0.2, 0.25) is 0 Å². The number of hydrogen-bond acceptors (Lipinski definition) is 4. The van der Waals surface area contributed by atoms with Gasteiger partial charge in [-0.25, -0.2) is 0 Å². The van der Waals surface area contributed by atoms with Crippen LogP contribution in [0.25, 0.3) is 0 Å². The second kappa shape index (κ2) is 7.49. The number of rotatable bonds is 3. The van der Waals surface area contributed by atoms with E-state index in [0.717, 1.165) is 24.8 Å². The van der Waals surface area contributed by atoms with Crippen LogP contribution < -0.4 is 4.74 Å². The smallest absolute Gasteiger partial charge is 0.433 e. The molecule has 2 aromatic heterocycles. The Hall–Kier alpha value is -2.35. The Labute approximate surface area is 152 Å². The number of alkyl halides is 3. The lowest BCUT2D eigenvalue weighted by Gasteiger charge is -2.33. The van der Waals surface area contributed by atoms with Gasteiger partial charge in [0.15, 0.2) is 0 Å². The molecule has 1 aliphatic rings. The molecule has 0 saturated carbocycles. The number of amides is 1. The Morgan fingerprint density at radius 2 is 2.08 bits per heavy atom. The maximum absolute atomic E-state index is 12.6. The average molecular weight is 386 g/mol. The lowest BCUT2D eigenvalue weighted by Crippen LogP contribution is -2.44. The molecule has 0 N–H and O–H groups in total. The van der Waals surface area contributed by atoms with Gasteiger partial charge in [-0.2, -0.15) is 13.2 Å². The Balaban J connectivity index is 1.67. The first-order chi connectivity index (χ1) is 12.3. The number of pyridine rings is 2. The van der Waals surface area contributed by atoms with Gasteiger partial charge in [0.1, 0.15) is 22.6 Å². The van der Waals surface area contributed by atoms with E-state index in [-0.39, 0.29) is 17.6 Å². The summed E-state index contributed by atoms with van der Waals surface area (Å²) in [7, 11) is 0. The maximum Gasteiger partial charge on any atom is 0.433 e. The van der Waals surface area contributed by atoms with Crippen LogP contribution in [0.1, 0.15) is 28.9 Å². The first kappa shape index (κ1) is 18.4. The van der Waals surface area contributed by atoms with Gasteiger partial charge < -0.3 is 9.64 Å². The van der Waals surface area contributed by atoms with Gasteiger partial charge in [0.25, 0.3) is 5.91 Å². The van der Waals surface area contributed by atoms with E-state index < -0.39 is 11.9 Å². The average Bonchev–Trinajstić information content (AvgIpc) is 2.63. The van der Waals surface area contributed by atoms with Crippen LogP contribution in [-0.4, -0.2) is 40.0 Å². The van der Waals surface area contributed by atoms with E-state index in [1.165, 1.54) is 6.20 Å². The molecule has 5 nitrogen and oxygen atoms in total. The Bertz CT molecular complexity index is 784. The Morgan fingerprint density at radius 3 is 2.73 bits per heavy atom. The summed E-state index contributed by atoms with van der Waals surface area (Å²) in [5.41, 5.74) is -0.915. The molecule has 0 bridgehead atoms. The summed E-state index contributed by atoms with van der Waals surface area (Å²) in [4.78, 5) is 21.3. The van der Waals surface area contributed by atoms with Gasteiger partial charge in [-0.05, 0) is 25.0 Å². The third-order valence-corrected chi connectivity index (χ3v) is 4.28. The van der Waals surface area contributed by atoms with E-state index in [4.69, 9.17) is 16.3 Å². The van der Waals surface area contributed by atoms with Crippen molar-refractivity contribution >= 4 is 17.5 Å². The van der Waals surface area contributed by atoms with E-state index >= 15 is 0 Å². The maximum atomic E-state index is 12.6. The van der Waals surface area contributed by atoms with Crippen LogP contribution in [0.3, 0.4) is 0 Å². The minimum atomic E-state index is -4.53. The highest BCUT2D eigenvalue weighted by Crippen LogP contribution is 2.28. The summed E-state index contributed by atoms with van der Waals surface area (Å²) in [5, 5.41) is 0.378. The zero-order chi connectivity index (χ0) is 18.7. The molecule has 1 amide bonds. The number of carbonyl (C=O) groups is 1. The topological polar surface area (TPSA) is 55.3 Å². The highest BCUT2D eigenvalue weighted by Gasteiger charge is 2.33. The second-order valence-corrected chi connectivity index (χ2v) is 6.28. The fourth-order valence-electron chi connectivity index (χ4n) is 2.73. The fourth-order valence-corrected chi connectivity index (χ4v) is 2.89. The van der Waals surface area contributed by atoms with Crippen molar-refractivity contribution in [2.75, 3.05) is 13.1 Å². The van der Waals surface area contributed by atoms with Crippen molar-refractivity contribution in [3.8, 4) is 5.75 Å². The monoisotopic (exact) mass is 385 g/mol. The highest BCUT2D eigenvalue weighted by atomic mass is 35.5. The molecule has 9 heteroatoms. The Morgan fingerprint density at radius 1 is 1.27 bits per heavy atom. The predicted octanol–water partition coefficient (Wildman–Crippen LogP) is 3.83. The van der Waals surface area contributed by atoms with Crippen LogP contribution >= 0.6 is 11.6 Å². The van der Waals surface area contributed by atoms with Crippen molar-refractivity contribution in [2.45, 2.75) is 25.1 Å².